The van der Waals surface area contributed by atoms with Gasteiger partial charge >= 0.3 is 5.69 Å². The van der Waals surface area contributed by atoms with Gasteiger partial charge in [-0.3, -0.25) is 4.79 Å². The molecule has 2 aromatic heterocycles. The Morgan fingerprint density at radius 1 is 1.23 bits per heavy atom. The summed E-state index contributed by atoms with van der Waals surface area (Å²) in [7, 11) is 3.13. The Labute approximate surface area is 178 Å². The Bertz CT molecular complexity index is 1070. The van der Waals surface area contributed by atoms with Crippen molar-refractivity contribution in [2.45, 2.75) is 19.3 Å². The standard InChI is InChI=1S/C21H24N4O4S/c1-28-15-5-6-16(17(13-15)29-2)20(26)24-9-7-14(8-10-24)12-18-22-23-21(27)25(18)19-4-3-11-30-19/h3-6,11,13-14H,7-10,12H2,1-2H3,(H,23,27). The minimum atomic E-state index is -0.216. The van der Waals surface area contributed by atoms with Gasteiger partial charge in [-0.1, -0.05) is 0 Å². The molecule has 0 atom stereocenters. The molecule has 158 valence electrons. The van der Waals surface area contributed by atoms with Crippen molar-refractivity contribution in [2.75, 3.05) is 27.3 Å². The number of thiophene rings is 1. The zero-order valence-electron chi connectivity index (χ0n) is 17.0. The van der Waals surface area contributed by atoms with Crippen LogP contribution in [0.3, 0.4) is 0 Å². The summed E-state index contributed by atoms with van der Waals surface area (Å²) >= 11 is 1.51. The number of amides is 1. The van der Waals surface area contributed by atoms with Crippen molar-refractivity contribution in [3.8, 4) is 16.5 Å². The molecule has 0 radical (unpaired) electrons. The van der Waals surface area contributed by atoms with E-state index in [2.05, 4.69) is 10.2 Å². The molecule has 1 N–H and O–H groups in total. The lowest BCUT2D eigenvalue weighted by Gasteiger charge is -2.32. The fourth-order valence-corrected chi connectivity index (χ4v) is 4.58. The summed E-state index contributed by atoms with van der Waals surface area (Å²) in [6.07, 6.45) is 2.41. The van der Waals surface area contributed by atoms with Gasteiger partial charge in [-0.25, -0.2) is 14.5 Å². The highest BCUT2D eigenvalue weighted by Crippen LogP contribution is 2.28. The Kier molecular flexibility index (Phi) is 5.89. The first-order valence-electron chi connectivity index (χ1n) is 9.82. The maximum atomic E-state index is 13.0. The van der Waals surface area contributed by atoms with Crippen LogP contribution in [0, 0.1) is 5.92 Å². The normalized spacial score (nSPS) is 14.7. The minimum Gasteiger partial charge on any atom is -0.497 e. The van der Waals surface area contributed by atoms with Gasteiger partial charge in [-0.05, 0) is 48.4 Å². The molecule has 30 heavy (non-hydrogen) atoms. The molecule has 1 amide bonds. The third-order valence-corrected chi connectivity index (χ3v) is 6.33. The van der Waals surface area contributed by atoms with Crippen LogP contribution < -0.4 is 15.2 Å². The number of nitrogens with zero attached hydrogens (tertiary/aromatic N) is 3. The number of piperidine rings is 1. The molecule has 0 saturated carbocycles. The number of ether oxygens (including phenoxy) is 2. The second-order valence-corrected chi connectivity index (χ2v) is 8.16. The van der Waals surface area contributed by atoms with Gasteiger partial charge in [-0.2, -0.15) is 5.10 Å². The maximum absolute atomic E-state index is 13.0. The first-order valence-corrected chi connectivity index (χ1v) is 10.7. The van der Waals surface area contributed by atoms with Gasteiger partial charge in [0.1, 0.15) is 22.3 Å². The monoisotopic (exact) mass is 428 g/mol. The highest BCUT2D eigenvalue weighted by molar-refractivity contribution is 7.12. The van der Waals surface area contributed by atoms with E-state index in [1.807, 2.05) is 22.4 Å². The summed E-state index contributed by atoms with van der Waals surface area (Å²) in [5.41, 5.74) is 0.322. The van der Waals surface area contributed by atoms with Gasteiger partial charge in [0.15, 0.2) is 0 Å². The average Bonchev–Trinajstić information content (AvgIpc) is 3.43. The minimum absolute atomic E-state index is 0.0387. The molecule has 4 rings (SSSR count). The Hall–Kier alpha value is -3.07. The fourth-order valence-electron chi connectivity index (χ4n) is 3.83. The SMILES string of the molecule is COc1ccc(C(=O)N2CCC(Cc3n[nH]c(=O)n3-c3cccs3)CC2)c(OC)c1. The van der Waals surface area contributed by atoms with Crippen LogP contribution >= 0.6 is 11.3 Å². The lowest BCUT2D eigenvalue weighted by molar-refractivity contribution is 0.0686. The summed E-state index contributed by atoms with van der Waals surface area (Å²) in [5, 5.41) is 9.60. The van der Waals surface area contributed by atoms with Crippen LogP contribution in [0.25, 0.3) is 5.00 Å². The molecule has 8 nitrogen and oxygen atoms in total. The molecule has 9 heteroatoms. The first kappa shape index (κ1) is 20.2. The average molecular weight is 429 g/mol. The molecule has 0 bridgehead atoms. The van der Waals surface area contributed by atoms with Gasteiger partial charge in [0.2, 0.25) is 0 Å². The first-order chi connectivity index (χ1) is 14.6. The lowest BCUT2D eigenvalue weighted by atomic mass is 9.92. The summed E-state index contributed by atoms with van der Waals surface area (Å²) < 4.78 is 12.2. The summed E-state index contributed by atoms with van der Waals surface area (Å²) in [4.78, 5) is 27.0. The Balaban J connectivity index is 1.42. The molecule has 1 fully saturated rings. The molecule has 1 aliphatic rings. The highest BCUT2D eigenvalue weighted by Gasteiger charge is 2.27. The largest absolute Gasteiger partial charge is 0.497 e. The van der Waals surface area contributed by atoms with Gasteiger partial charge in [0, 0.05) is 25.6 Å². The van der Waals surface area contributed by atoms with Crippen molar-refractivity contribution >= 4 is 17.2 Å². The van der Waals surface area contributed by atoms with Crippen LogP contribution in [-0.4, -0.2) is 52.9 Å². The molecule has 1 aliphatic heterocycles. The lowest BCUT2D eigenvalue weighted by Crippen LogP contribution is -2.39. The van der Waals surface area contributed by atoms with Crippen LogP contribution in [-0.2, 0) is 6.42 Å². The van der Waals surface area contributed by atoms with E-state index in [1.54, 1.807) is 37.0 Å². The molecular weight excluding hydrogens is 404 g/mol. The van der Waals surface area contributed by atoms with Crippen molar-refractivity contribution < 1.29 is 14.3 Å². The number of aromatic nitrogens is 3. The molecule has 3 heterocycles. The van der Waals surface area contributed by atoms with Crippen LogP contribution in [0.4, 0.5) is 0 Å². The number of nitrogens with one attached hydrogen (secondary N) is 1. The predicted molar refractivity (Wildman–Crippen MR) is 114 cm³/mol. The summed E-state index contributed by atoms with van der Waals surface area (Å²) in [5.74, 6) is 2.23. The number of carbonyl (C=O) groups excluding carboxylic acids is 1. The van der Waals surface area contributed by atoms with Gasteiger partial charge in [-0.15, -0.1) is 11.3 Å². The number of carbonyl (C=O) groups is 1. The molecule has 3 aromatic rings. The van der Waals surface area contributed by atoms with Crippen LogP contribution in [0.1, 0.15) is 29.0 Å². The smallest absolute Gasteiger partial charge is 0.348 e. The third kappa shape index (κ3) is 3.97. The second kappa shape index (κ2) is 8.74. The number of likely N-dealkylation sites (tertiary alicyclic amines) is 1. The summed E-state index contributed by atoms with van der Waals surface area (Å²) in [6.45, 7) is 1.32. The van der Waals surface area contributed by atoms with E-state index in [9.17, 15) is 9.59 Å². The quantitative estimate of drug-likeness (QED) is 0.652. The van der Waals surface area contributed by atoms with Crippen molar-refractivity contribution in [2.24, 2.45) is 5.92 Å². The van der Waals surface area contributed by atoms with E-state index in [0.717, 1.165) is 23.7 Å². The molecular formula is C21H24N4O4S. The third-order valence-electron chi connectivity index (χ3n) is 5.48. The number of hydrogen-bond donors (Lipinski definition) is 1. The number of benzene rings is 1. The topological polar surface area (TPSA) is 89.5 Å². The molecule has 1 saturated heterocycles. The van der Waals surface area contributed by atoms with Crippen molar-refractivity contribution in [3.63, 3.8) is 0 Å². The fraction of sp³-hybridized carbons (Fsp3) is 0.381. The van der Waals surface area contributed by atoms with Crippen molar-refractivity contribution in [1.82, 2.24) is 19.7 Å². The van der Waals surface area contributed by atoms with Crippen molar-refractivity contribution in [3.05, 3.63) is 57.6 Å². The van der Waals surface area contributed by atoms with Crippen LogP contribution in [0.15, 0.2) is 40.5 Å². The van der Waals surface area contributed by atoms with Gasteiger partial charge < -0.3 is 14.4 Å². The van der Waals surface area contributed by atoms with Crippen molar-refractivity contribution in [1.29, 1.82) is 0 Å². The van der Waals surface area contributed by atoms with E-state index < -0.39 is 0 Å². The number of methoxy groups -OCH3 is 2. The number of aromatic amines is 1. The number of hydrogen-bond acceptors (Lipinski definition) is 6. The Morgan fingerprint density at radius 2 is 2.03 bits per heavy atom. The van der Waals surface area contributed by atoms with E-state index >= 15 is 0 Å². The number of H-pyrrole nitrogens is 1. The van der Waals surface area contributed by atoms with Gasteiger partial charge in [0.05, 0.1) is 19.8 Å². The second-order valence-electron chi connectivity index (χ2n) is 7.24. The van der Waals surface area contributed by atoms with E-state index in [0.29, 0.717) is 42.5 Å². The molecule has 1 aromatic carbocycles. The molecule has 0 spiro atoms. The zero-order valence-corrected chi connectivity index (χ0v) is 17.8. The van der Waals surface area contributed by atoms with E-state index in [-0.39, 0.29) is 11.6 Å². The van der Waals surface area contributed by atoms with Crippen LogP contribution in [0.5, 0.6) is 11.5 Å². The molecule has 0 unspecified atom stereocenters. The van der Waals surface area contributed by atoms with Crippen LogP contribution in [0.2, 0.25) is 0 Å². The van der Waals surface area contributed by atoms with Gasteiger partial charge in [0.25, 0.3) is 5.91 Å². The van der Waals surface area contributed by atoms with E-state index in [4.69, 9.17) is 9.47 Å². The van der Waals surface area contributed by atoms with E-state index in [1.165, 1.54) is 11.3 Å². The maximum Gasteiger partial charge on any atom is 0.348 e. The highest BCUT2D eigenvalue weighted by atomic mass is 32.1. The number of rotatable bonds is 6. The molecule has 0 aliphatic carbocycles. The summed E-state index contributed by atoms with van der Waals surface area (Å²) in [6, 6.07) is 9.07. The Morgan fingerprint density at radius 3 is 2.70 bits per heavy atom. The predicted octanol–water partition coefficient (Wildman–Crippen LogP) is 2.73. The zero-order chi connectivity index (χ0) is 21.1.